The lowest BCUT2D eigenvalue weighted by atomic mass is 9.66. The molecule has 0 aromatic heterocycles. The lowest BCUT2D eigenvalue weighted by Crippen LogP contribution is -2.48. The van der Waals surface area contributed by atoms with Gasteiger partial charge in [-0.15, -0.1) is 0 Å². The zero-order valence-corrected chi connectivity index (χ0v) is 12.4. The van der Waals surface area contributed by atoms with E-state index in [-0.39, 0.29) is 11.7 Å². The van der Waals surface area contributed by atoms with Gasteiger partial charge in [-0.2, -0.15) is 0 Å². The maximum Gasteiger partial charge on any atom is 0.339 e. The number of carboxylic acid groups (broad SMARTS) is 1. The van der Waals surface area contributed by atoms with Gasteiger partial charge in [0.05, 0.1) is 6.10 Å². The van der Waals surface area contributed by atoms with E-state index in [9.17, 15) is 9.90 Å². The third-order valence-electron chi connectivity index (χ3n) is 6.43. The second kappa shape index (κ2) is 3.77. The highest BCUT2D eigenvalue weighted by molar-refractivity contribution is 5.84. The Balaban J connectivity index is 1.60. The first-order valence-electron chi connectivity index (χ1n) is 8.05. The topological polar surface area (TPSA) is 62.4 Å². The Kier molecular flexibility index (Phi) is 2.47. The maximum absolute atomic E-state index is 11.8. The molecule has 6 atom stereocenters. The summed E-state index contributed by atoms with van der Waals surface area (Å²) in [5, 5.41) is 9.66. The van der Waals surface area contributed by atoms with Gasteiger partial charge in [-0.25, -0.2) is 4.79 Å². The maximum atomic E-state index is 11.8. The first kappa shape index (κ1) is 13.1. The Hall–Kier alpha value is -0.610. The van der Waals surface area contributed by atoms with Crippen molar-refractivity contribution in [3.8, 4) is 0 Å². The molecule has 2 saturated carbocycles. The molecule has 0 bridgehead atoms. The molecule has 4 aliphatic rings. The summed E-state index contributed by atoms with van der Waals surface area (Å²) in [6.45, 7) is 4.37. The Morgan fingerprint density at radius 2 is 2.15 bits per heavy atom. The van der Waals surface area contributed by atoms with Crippen molar-refractivity contribution >= 4 is 5.97 Å². The molecular weight excluding hydrogens is 256 g/mol. The first-order chi connectivity index (χ1) is 9.43. The average molecular weight is 280 g/mol. The number of hydrogen-bond donors (Lipinski definition) is 1. The SMILES string of the molecule is CC1CCCC(CC23OC2(C(=O)O)CCC2OC23C)C1. The van der Waals surface area contributed by atoms with E-state index in [2.05, 4.69) is 13.8 Å². The molecule has 4 rings (SSSR count). The molecule has 4 nitrogen and oxygen atoms in total. The molecule has 4 heteroatoms. The van der Waals surface area contributed by atoms with E-state index in [0.29, 0.717) is 12.3 Å². The Morgan fingerprint density at radius 1 is 1.35 bits per heavy atom. The summed E-state index contributed by atoms with van der Waals surface area (Å²) < 4.78 is 11.9. The standard InChI is InChI=1S/C16H24O4/c1-10-4-3-5-11(8-10)9-16-14(2)12(19-14)6-7-15(16,20-16)13(17)18/h10-12H,3-9H2,1-2H3,(H,17,18). The van der Waals surface area contributed by atoms with Crippen molar-refractivity contribution in [3.05, 3.63) is 0 Å². The van der Waals surface area contributed by atoms with E-state index >= 15 is 0 Å². The zero-order chi connectivity index (χ0) is 14.2. The van der Waals surface area contributed by atoms with Crippen LogP contribution >= 0.6 is 0 Å². The van der Waals surface area contributed by atoms with E-state index < -0.39 is 17.2 Å². The molecule has 112 valence electrons. The lowest BCUT2D eigenvalue weighted by Gasteiger charge is -2.32. The fourth-order valence-corrected chi connectivity index (χ4v) is 5.20. The lowest BCUT2D eigenvalue weighted by molar-refractivity contribution is -0.143. The number of aliphatic carboxylic acids is 1. The number of carbonyl (C=O) groups is 1. The minimum absolute atomic E-state index is 0.221. The van der Waals surface area contributed by atoms with E-state index in [1.165, 1.54) is 25.7 Å². The van der Waals surface area contributed by atoms with Crippen LogP contribution in [0.3, 0.4) is 0 Å². The highest BCUT2D eigenvalue weighted by Gasteiger charge is 2.90. The molecular formula is C16H24O4. The van der Waals surface area contributed by atoms with Crippen LogP contribution in [0.1, 0.15) is 58.8 Å². The summed E-state index contributed by atoms with van der Waals surface area (Å²) in [4.78, 5) is 11.8. The number of epoxide rings is 2. The van der Waals surface area contributed by atoms with Crippen molar-refractivity contribution in [2.45, 2.75) is 81.7 Å². The van der Waals surface area contributed by atoms with Gasteiger partial charge in [-0.05, 0) is 44.4 Å². The van der Waals surface area contributed by atoms with Crippen molar-refractivity contribution in [2.24, 2.45) is 11.8 Å². The van der Waals surface area contributed by atoms with Gasteiger partial charge in [0.15, 0.2) is 5.60 Å². The second-order valence-corrected chi connectivity index (χ2v) is 7.66. The summed E-state index contributed by atoms with van der Waals surface area (Å²) >= 11 is 0. The summed E-state index contributed by atoms with van der Waals surface area (Å²) in [6, 6.07) is 0. The summed E-state index contributed by atoms with van der Waals surface area (Å²) in [6.07, 6.45) is 7.53. The predicted octanol–water partition coefficient (Wildman–Crippen LogP) is 2.75. The Bertz CT molecular complexity index is 463. The van der Waals surface area contributed by atoms with Crippen LogP contribution < -0.4 is 0 Å². The van der Waals surface area contributed by atoms with Gasteiger partial charge in [0.25, 0.3) is 0 Å². The fourth-order valence-electron chi connectivity index (χ4n) is 5.20. The van der Waals surface area contributed by atoms with Crippen LogP contribution in [0.4, 0.5) is 0 Å². The molecule has 2 saturated heterocycles. The molecule has 4 fully saturated rings. The van der Waals surface area contributed by atoms with Gasteiger partial charge >= 0.3 is 5.97 Å². The second-order valence-electron chi connectivity index (χ2n) is 7.66. The molecule has 0 spiro atoms. The van der Waals surface area contributed by atoms with E-state index in [1.807, 2.05) is 0 Å². The van der Waals surface area contributed by atoms with Crippen molar-refractivity contribution in [2.75, 3.05) is 0 Å². The van der Waals surface area contributed by atoms with Gasteiger partial charge < -0.3 is 14.6 Å². The molecule has 2 aliphatic carbocycles. The van der Waals surface area contributed by atoms with Gasteiger partial charge in [0.1, 0.15) is 11.2 Å². The molecule has 0 radical (unpaired) electrons. The molecule has 20 heavy (non-hydrogen) atoms. The Labute approximate surface area is 119 Å². The number of rotatable bonds is 3. The van der Waals surface area contributed by atoms with Crippen LogP contribution in [0, 0.1) is 11.8 Å². The minimum atomic E-state index is -0.949. The molecule has 0 amide bonds. The number of fused-ring (bicyclic) bond motifs is 3. The summed E-state index contributed by atoms with van der Waals surface area (Å²) in [5.74, 6) is 0.576. The highest BCUT2D eigenvalue weighted by Crippen LogP contribution is 2.72. The third kappa shape index (κ3) is 1.42. The monoisotopic (exact) mass is 280 g/mol. The van der Waals surface area contributed by atoms with Crippen molar-refractivity contribution in [1.82, 2.24) is 0 Å². The molecule has 6 unspecified atom stereocenters. The number of hydrogen-bond acceptors (Lipinski definition) is 3. The van der Waals surface area contributed by atoms with Crippen LogP contribution in [0.5, 0.6) is 0 Å². The van der Waals surface area contributed by atoms with Crippen LogP contribution in [-0.4, -0.2) is 34.0 Å². The fraction of sp³-hybridized carbons (Fsp3) is 0.938. The Morgan fingerprint density at radius 3 is 2.85 bits per heavy atom. The smallest absolute Gasteiger partial charge is 0.339 e. The van der Waals surface area contributed by atoms with Crippen molar-refractivity contribution in [3.63, 3.8) is 0 Å². The molecule has 2 heterocycles. The molecule has 0 aromatic rings. The normalized spacial score (nSPS) is 56.6. The van der Waals surface area contributed by atoms with Crippen molar-refractivity contribution < 1.29 is 19.4 Å². The van der Waals surface area contributed by atoms with Crippen LogP contribution in [-0.2, 0) is 14.3 Å². The van der Waals surface area contributed by atoms with Gasteiger partial charge in [-0.1, -0.05) is 26.2 Å². The number of ether oxygens (including phenoxy) is 2. The first-order valence-corrected chi connectivity index (χ1v) is 8.05. The van der Waals surface area contributed by atoms with Crippen LogP contribution in [0.25, 0.3) is 0 Å². The average Bonchev–Trinajstić information content (AvgIpc) is 3.22. The molecule has 2 aliphatic heterocycles. The van der Waals surface area contributed by atoms with Gasteiger partial charge in [0.2, 0.25) is 0 Å². The van der Waals surface area contributed by atoms with Gasteiger partial charge in [-0.3, -0.25) is 0 Å². The van der Waals surface area contributed by atoms with Crippen LogP contribution in [0.2, 0.25) is 0 Å². The number of carboxylic acids is 1. The third-order valence-corrected chi connectivity index (χ3v) is 6.43. The summed E-state index contributed by atoms with van der Waals surface area (Å²) in [7, 11) is 0. The minimum Gasteiger partial charge on any atom is -0.479 e. The van der Waals surface area contributed by atoms with E-state index in [1.54, 1.807) is 0 Å². The van der Waals surface area contributed by atoms with E-state index in [4.69, 9.17) is 9.47 Å². The largest absolute Gasteiger partial charge is 0.479 e. The predicted molar refractivity (Wildman–Crippen MR) is 72.4 cm³/mol. The zero-order valence-electron chi connectivity index (χ0n) is 12.4. The molecule has 0 aromatic carbocycles. The van der Waals surface area contributed by atoms with Crippen molar-refractivity contribution in [1.29, 1.82) is 0 Å². The quantitative estimate of drug-likeness (QED) is 0.807. The van der Waals surface area contributed by atoms with Crippen LogP contribution in [0.15, 0.2) is 0 Å². The molecule has 1 N–H and O–H groups in total. The van der Waals surface area contributed by atoms with Gasteiger partial charge in [0, 0.05) is 0 Å². The summed E-state index contributed by atoms with van der Waals surface area (Å²) in [5.41, 5.74) is -1.84. The highest BCUT2D eigenvalue weighted by atomic mass is 16.7. The van der Waals surface area contributed by atoms with E-state index in [0.717, 1.165) is 18.8 Å².